The maximum absolute atomic E-state index is 12.2. The number of nitrogens with zero attached hydrogens (tertiary/aromatic N) is 3. The highest BCUT2D eigenvalue weighted by atomic mass is 35.5. The largest absolute Gasteiger partial charge is 0.463 e. The molecule has 0 bridgehead atoms. The molecular formula is C17H26ClN3O3. The Hall–Kier alpha value is -1.56. The van der Waals surface area contributed by atoms with Gasteiger partial charge in [-0.15, -0.1) is 0 Å². The predicted molar refractivity (Wildman–Crippen MR) is 92.4 cm³/mol. The first-order chi connectivity index (χ1) is 11.2. The highest BCUT2D eigenvalue weighted by molar-refractivity contribution is 6.29. The number of aryl methyl sites for hydroxylation is 1. The first kappa shape index (κ1) is 18.8. The normalized spacial score (nSPS) is 18.4. The van der Waals surface area contributed by atoms with Crippen molar-refractivity contribution in [2.24, 2.45) is 5.92 Å². The van der Waals surface area contributed by atoms with E-state index < -0.39 is 5.60 Å². The molecule has 0 N–H and O–H groups in total. The molecular weight excluding hydrogens is 330 g/mol. The van der Waals surface area contributed by atoms with Gasteiger partial charge in [-0.25, -0.2) is 9.78 Å². The molecule has 1 amide bonds. The summed E-state index contributed by atoms with van der Waals surface area (Å²) in [4.78, 5) is 22.2. The SMILES string of the molecule is Cc1cc(Cl)nc(OCCC2CCCN(C(=O)OC(C)(C)C)C2)n1. The Morgan fingerprint density at radius 2 is 2.17 bits per heavy atom. The third kappa shape index (κ3) is 6.15. The Bertz CT molecular complexity index is 554. The molecule has 6 nitrogen and oxygen atoms in total. The lowest BCUT2D eigenvalue weighted by atomic mass is 9.95. The van der Waals surface area contributed by atoms with Crippen molar-refractivity contribution in [3.8, 4) is 6.01 Å². The fourth-order valence-corrected chi connectivity index (χ4v) is 2.91. The number of amides is 1. The third-order valence-corrected chi connectivity index (χ3v) is 3.92. The molecule has 2 heterocycles. The van der Waals surface area contributed by atoms with E-state index in [2.05, 4.69) is 9.97 Å². The van der Waals surface area contributed by atoms with Gasteiger partial charge < -0.3 is 14.4 Å². The maximum atomic E-state index is 12.2. The predicted octanol–water partition coefficient (Wildman–Crippen LogP) is 3.85. The molecule has 1 aromatic rings. The zero-order valence-electron chi connectivity index (χ0n) is 14.8. The lowest BCUT2D eigenvalue weighted by Crippen LogP contribution is -2.43. The number of likely N-dealkylation sites (tertiary alicyclic amines) is 1. The standard InChI is InChI=1S/C17H26ClN3O3/c1-12-10-14(18)20-15(19-12)23-9-7-13-6-5-8-21(11-13)16(22)24-17(2,3)4/h10,13H,5-9,11H2,1-4H3. The van der Waals surface area contributed by atoms with Crippen LogP contribution in [0.3, 0.4) is 0 Å². The minimum Gasteiger partial charge on any atom is -0.463 e. The molecule has 7 heteroatoms. The van der Waals surface area contributed by atoms with Gasteiger partial charge in [0.05, 0.1) is 6.61 Å². The summed E-state index contributed by atoms with van der Waals surface area (Å²) < 4.78 is 11.1. The Kier molecular flexibility index (Phi) is 6.27. The summed E-state index contributed by atoms with van der Waals surface area (Å²) >= 11 is 5.90. The summed E-state index contributed by atoms with van der Waals surface area (Å²) in [5.41, 5.74) is 0.313. The monoisotopic (exact) mass is 355 g/mol. The molecule has 2 rings (SSSR count). The van der Waals surface area contributed by atoms with E-state index >= 15 is 0 Å². The van der Waals surface area contributed by atoms with Crippen LogP contribution < -0.4 is 4.74 Å². The van der Waals surface area contributed by atoms with Crippen LogP contribution in [0.5, 0.6) is 6.01 Å². The average molecular weight is 356 g/mol. The number of carbonyl (C=O) groups is 1. The van der Waals surface area contributed by atoms with E-state index in [9.17, 15) is 4.79 Å². The van der Waals surface area contributed by atoms with Crippen molar-refractivity contribution in [3.05, 3.63) is 16.9 Å². The van der Waals surface area contributed by atoms with Gasteiger partial charge >= 0.3 is 12.1 Å². The van der Waals surface area contributed by atoms with Crippen LogP contribution in [-0.2, 0) is 4.74 Å². The van der Waals surface area contributed by atoms with Gasteiger partial charge in [-0.05, 0) is 58.9 Å². The number of aromatic nitrogens is 2. The minimum absolute atomic E-state index is 0.234. The molecule has 0 spiro atoms. The number of piperidine rings is 1. The van der Waals surface area contributed by atoms with Crippen LogP contribution in [0, 0.1) is 12.8 Å². The molecule has 0 aromatic carbocycles. The van der Waals surface area contributed by atoms with Crippen LogP contribution in [0.2, 0.25) is 5.15 Å². The minimum atomic E-state index is -0.463. The molecule has 24 heavy (non-hydrogen) atoms. The summed E-state index contributed by atoms with van der Waals surface area (Å²) in [5, 5.41) is 0.381. The molecule has 0 saturated carbocycles. The van der Waals surface area contributed by atoms with Crippen LogP contribution >= 0.6 is 11.6 Å². The van der Waals surface area contributed by atoms with Gasteiger partial charge in [-0.3, -0.25) is 0 Å². The average Bonchev–Trinajstić information content (AvgIpc) is 2.45. The number of hydrogen-bond acceptors (Lipinski definition) is 5. The molecule has 134 valence electrons. The zero-order valence-corrected chi connectivity index (χ0v) is 15.6. The first-order valence-corrected chi connectivity index (χ1v) is 8.72. The molecule has 1 unspecified atom stereocenters. The topological polar surface area (TPSA) is 64.5 Å². The Labute approximate surface area is 148 Å². The van der Waals surface area contributed by atoms with E-state index in [-0.39, 0.29) is 6.09 Å². The van der Waals surface area contributed by atoms with Crippen molar-refractivity contribution >= 4 is 17.7 Å². The fraction of sp³-hybridized carbons (Fsp3) is 0.706. The Morgan fingerprint density at radius 1 is 1.42 bits per heavy atom. The molecule has 1 saturated heterocycles. The van der Waals surface area contributed by atoms with Crippen LogP contribution in [0.25, 0.3) is 0 Å². The zero-order chi connectivity index (χ0) is 17.7. The molecule has 1 aliphatic rings. The van der Waals surface area contributed by atoms with Gasteiger partial charge in [-0.1, -0.05) is 11.6 Å². The third-order valence-electron chi connectivity index (χ3n) is 3.73. The highest BCUT2D eigenvalue weighted by Gasteiger charge is 2.27. The number of carbonyl (C=O) groups excluding carboxylic acids is 1. The second-order valence-electron chi connectivity index (χ2n) is 7.19. The summed E-state index contributed by atoms with van der Waals surface area (Å²) in [5.74, 6) is 0.395. The molecule has 1 aliphatic heterocycles. The van der Waals surface area contributed by atoms with E-state index in [1.807, 2.05) is 27.7 Å². The summed E-state index contributed by atoms with van der Waals surface area (Å²) in [6.45, 7) is 9.46. The van der Waals surface area contributed by atoms with Crippen molar-refractivity contribution in [1.82, 2.24) is 14.9 Å². The van der Waals surface area contributed by atoms with Crippen molar-refractivity contribution in [2.75, 3.05) is 19.7 Å². The van der Waals surface area contributed by atoms with Crippen LogP contribution in [-0.4, -0.2) is 46.3 Å². The van der Waals surface area contributed by atoms with E-state index in [1.54, 1.807) is 11.0 Å². The summed E-state index contributed by atoms with van der Waals surface area (Å²) in [6.07, 6.45) is 2.67. The van der Waals surface area contributed by atoms with Gasteiger partial charge in [0.2, 0.25) is 0 Å². The van der Waals surface area contributed by atoms with Crippen molar-refractivity contribution in [1.29, 1.82) is 0 Å². The van der Waals surface area contributed by atoms with Crippen LogP contribution in [0.15, 0.2) is 6.07 Å². The van der Waals surface area contributed by atoms with Crippen molar-refractivity contribution in [3.63, 3.8) is 0 Å². The summed E-state index contributed by atoms with van der Waals surface area (Å²) in [6, 6.07) is 1.99. The van der Waals surface area contributed by atoms with Crippen LogP contribution in [0.1, 0.15) is 45.7 Å². The molecule has 0 radical (unpaired) electrons. The van der Waals surface area contributed by atoms with Crippen molar-refractivity contribution in [2.45, 2.75) is 52.6 Å². The van der Waals surface area contributed by atoms with Gasteiger partial charge in [0, 0.05) is 18.8 Å². The number of ether oxygens (including phenoxy) is 2. The van der Waals surface area contributed by atoms with Gasteiger partial charge in [0.25, 0.3) is 0 Å². The van der Waals surface area contributed by atoms with Gasteiger partial charge in [0.1, 0.15) is 10.8 Å². The number of halogens is 1. The molecule has 1 aromatic heterocycles. The lowest BCUT2D eigenvalue weighted by Gasteiger charge is -2.34. The van der Waals surface area contributed by atoms with E-state index in [1.165, 1.54) is 0 Å². The smallest absolute Gasteiger partial charge is 0.410 e. The lowest BCUT2D eigenvalue weighted by molar-refractivity contribution is 0.0154. The first-order valence-electron chi connectivity index (χ1n) is 8.35. The highest BCUT2D eigenvalue weighted by Crippen LogP contribution is 2.22. The van der Waals surface area contributed by atoms with Crippen molar-refractivity contribution < 1.29 is 14.3 Å². The molecule has 1 fully saturated rings. The van der Waals surface area contributed by atoms with E-state index in [0.717, 1.165) is 31.5 Å². The fourth-order valence-electron chi connectivity index (χ4n) is 2.68. The Morgan fingerprint density at radius 3 is 2.83 bits per heavy atom. The second kappa shape index (κ2) is 8.01. The quantitative estimate of drug-likeness (QED) is 0.767. The second-order valence-corrected chi connectivity index (χ2v) is 7.57. The van der Waals surface area contributed by atoms with Gasteiger partial charge in [-0.2, -0.15) is 4.98 Å². The van der Waals surface area contributed by atoms with Crippen LogP contribution in [0.4, 0.5) is 4.79 Å². The number of rotatable bonds is 4. The maximum Gasteiger partial charge on any atom is 0.410 e. The van der Waals surface area contributed by atoms with E-state index in [0.29, 0.717) is 30.2 Å². The van der Waals surface area contributed by atoms with Gasteiger partial charge in [0.15, 0.2) is 0 Å². The van der Waals surface area contributed by atoms with E-state index in [4.69, 9.17) is 21.1 Å². The summed E-state index contributed by atoms with van der Waals surface area (Å²) in [7, 11) is 0. The molecule has 1 atom stereocenters. The molecule has 0 aliphatic carbocycles. The Balaban J connectivity index is 1.79. The number of hydrogen-bond donors (Lipinski definition) is 0.